The molecule has 4 heteroatoms. The summed E-state index contributed by atoms with van der Waals surface area (Å²) in [5, 5.41) is 0. The first-order valence-electron chi connectivity index (χ1n) is 6.89. The molecule has 1 aromatic carbocycles. The van der Waals surface area contributed by atoms with Crippen molar-refractivity contribution in [1.82, 2.24) is 4.90 Å². The minimum absolute atomic E-state index is 0.0491. The first kappa shape index (κ1) is 12.5. The van der Waals surface area contributed by atoms with E-state index in [1.54, 1.807) is 0 Å². The third-order valence-electron chi connectivity index (χ3n) is 4.50. The van der Waals surface area contributed by atoms with Crippen LogP contribution in [0.2, 0.25) is 0 Å². The number of benzene rings is 1. The molecule has 2 aliphatic heterocycles. The number of guanidine groups is 1. The number of aliphatic imine (C=N–C) groups is 1. The molecule has 0 aromatic heterocycles. The third kappa shape index (κ3) is 1.91. The number of rotatable bonds is 1. The van der Waals surface area contributed by atoms with Gasteiger partial charge in [-0.05, 0) is 39.4 Å². The molecule has 1 saturated heterocycles. The van der Waals surface area contributed by atoms with Crippen LogP contribution in [-0.2, 0) is 0 Å². The standard InChI is InChI=1S/C15H22N4/c1-11-4-6-13(7-5-11)19-14(16)17-9-15(19)8-12(2)18(3)10-15/h4-7,12H,8-10H2,1-3H3,(H2,16,17). The van der Waals surface area contributed by atoms with Crippen molar-refractivity contribution in [3.63, 3.8) is 0 Å². The van der Waals surface area contributed by atoms with Crippen LogP contribution in [0.1, 0.15) is 18.9 Å². The van der Waals surface area contributed by atoms with Crippen molar-refractivity contribution in [1.29, 1.82) is 0 Å². The topological polar surface area (TPSA) is 44.9 Å². The lowest BCUT2D eigenvalue weighted by Gasteiger charge is -2.36. The van der Waals surface area contributed by atoms with Crippen LogP contribution in [0.25, 0.3) is 0 Å². The van der Waals surface area contributed by atoms with Crippen molar-refractivity contribution in [3.05, 3.63) is 29.8 Å². The van der Waals surface area contributed by atoms with E-state index in [0.29, 0.717) is 12.0 Å². The molecule has 2 aliphatic rings. The average Bonchev–Trinajstić information content (AvgIpc) is 2.82. The molecule has 1 spiro atoms. The van der Waals surface area contributed by atoms with Crippen LogP contribution in [-0.4, -0.2) is 42.6 Å². The second-order valence-corrected chi connectivity index (χ2v) is 6.04. The predicted molar refractivity (Wildman–Crippen MR) is 79.6 cm³/mol. The van der Waals surface area contributed by atoms with Gasteiger partial charge < -0.3 is 15.5 Å². The fourth-order valence-corrected chi connectivity index (χ4v) is 3.38. The van der Waals surface area contributed by atoms with E-state index in [1.165, 1.54) is 5.56 Å². The summed E-state index contributed by atoms with van der Waals surface area (Å²) in [4.78, 5) is 9.15. The highest BCUT2D eigenvalue weighted by Crippen LogP contribution is 2.38. The van der Waals surface area contributed by atoms with Crippen molar-refractivity contribution >= 4 is 11.6 Å². The Morgan fingerprint density at radius 3 is 2.58 bits per heavy atom. The van der Waals surface area contributed by atoms with Gasteiger partial charge in [0.25, 0.3) is 0 Å². The summed E-state index contributed by atoms with van der Waals surface area (Å²) in [7, 11) is 2.18. The van der Waals surface area contributed by atoms with Crippen LogP contribution in [0.4, 0.5) is 5.69 Å². The minimum Gasteiger partial charge on any atom is -0.369 e. The summed E-state index contributed by atoms with van der Waals surface area (Å²) in [5.41, 5.74) is 8.63. The molecule has 3 rings (SSSR count). The van der Waals surface area contributed by atoms with E-state index in [0.717, 1.165) is 25.2 Å². The summed E-state index contributed by atoms with van der Waals surface area (Å²) in [6, 6.07) is 9.14. The summed E-state index contributed by atoms with van der Waals surface area (Å²) in [6.07, 6.45) is 1.11. The average molecular weight is 258 g/mol. The maximum atomic E-state index is 6.15. The molecule has 0 saturated carbocycles. The lowest BCUT2D eigenvalue weighted by molar-refractivity contribution is 0.322. The Morgan fingerprint density at radius 2 is 2.00 bits per heavy atom. The lowest BCUT2D eigenvalue weighted by Crippen LogP contribution is -2.53. The Balaban J connectivity index is 1.97. The lowest BCUT2D eigenvalue weighted by atomic mass is 9.94. The van der Waals surface area contributed by atoms with E-state index in [4.69, 9.17) is 5.73 Å². The van der Waals surface area contributed by atoms with Crippen molar-refractivity contribution < 1.29 is 0 Å². The number of aryl methyl sites for hydroxylation is 1. The monoisotopic (exact) mass is 258 g/mol. The first-order chi connectivity index (χ1) is 9.02. The smallest absolute Gasteiger partial charge is 0.196 e. The van der Waals surface area contributed by atoms with E-state index in [9.17, 15) is 0 Å². The quantitative estimate of drug-likeness (QED) is 0.832. The van der Waals surface area contributed by atoms with Gasteiger partial charge in [0, 0.05) is 18.3 Å². The fourth-order valence-electron chi connectivity index (χ4n) is 3.38. The molecule has 2 N–H and O–H groups in total. The Labute approximate surface area is 114 Å². The Morgan fingerprint density at radius 1 is 1.32 bits per heavy atom. The van der Waals surface area contributed by atoms with Crippen LogP contribution in [0.15, 0.2) is 29.3 Å². The van der Waals surface area contributed by atoms with Gasteiger partial charge in [-0.15, -0.1) is 0 Å². The zero-order valence-electron chi connectivity index (χ0n) is 11.9. The SMILES string of the molecule is Cc1ccc(N2C(N)=NCC23CC(C)N(C)C3)cc1. The zero-order chi connectivity index (χ0) is 13.6. The molecule has 19 heavy (non-hydrogen) atoms. The van der Waals surface area contributed by atoms with Gasteiger partial charge in [-0.25, -0.2) is 0 Å². The van der Waals surface area contributed by atoms with Gasteiger partial charge >= 0.3 is 0 Å². The maximum Gasteiger partial charge on any atom is 0.196 e. The van der Waals surface area contributed by atoms with Crippen LogP contribution in [0.5, 0.6) is 0 Å². The number of likely N-dealkylation sites (tertiary alicyclic amines) is 1. The Bertz CT molecular complexity index is 495. The van der Waals surface area contributed by atoms with Crippen molar-refractivity contribution in [2.24, 2.45) is 10.7 Å². The van der Waals surface area contributed by atoms with Crippen LogP contribution in [0, 0.1) is 6.92 Å². The minimum atomic E-state index is 0.0491. The van der Waals surface area contributed by atoms with Crippen molar-refractivity contribution in [2.75, 3.05) is 25.0 Å². The van der Waals surface area contributed by atoms with Gasteiger partial charge in [0.05, 0.1) is 12.1 Å². The van der Waals surface area contributed by atoms with E-state index >= 15 is 0 Å². The third-order valence-corrected chi connectivity index (χ3v) is 4.50. The van der Waals surface area contributed by atoms with Gasteiger partial charge in [0.1, 0.15) is 0 Å². The molecular weight excluding hydrogens is 236 g/mol. The molecule has 102 valence electrons. The van der Waals surface area contributed by atoms with Crippen LogP contribution >= 0.6 is 0 Å². The first-order valence-corrected chi connectivity index (χ1v) is 6.89. The van der Waals surface area contributed by atoms with Gasteiger partial charge in [-0.2, -0.15) is 0 Å². The van der Waals surface area contributed by atoms with Crippen LogP contribution < -0.4 is 10.6 Å². The summed E-state index contributed by atoms with van der Waals surface area (Å²) in [6.45, 7) is 6.20. The number of nitrogens with zero attached hydrogens (tertiary/aromatic N) is 3. The predicted octanol–water partition coefficient (Wildman–Crippen LogP) is 1.59. The van der Waals surface area contributed by atoms with E-state index in [2.05, 4.69) is 60.0 Å². The Hall–Kier alpha value is -1.55. The highest BCUT2D eigenvalue weighted by Gasteiger charge is 2.49. The highest BCUT2D eigenvalue weighted by molar-refractivity contribution is 5.98. The molecule has 0 aliphatic carbocycles. The summed E-state index contributed by atoms with van der Waals surface area (Å²) in [5.74, 6) is 0.659. The number of anilines is 1. The molecule has 1 fully saturated rings. The van der Waals surface area contributed by atoms with E-state index in [1.807, 2.05) is 0 Å². The Kier molecular flexibility index (Phi) is 2.78. The molecule has 0 bridgehead atoms. The van der Waals surface area contributed by atoms with Gasteiger partial charge in [-0.1, -0.05) is 17.7 Å². The van der Waals surface area contributed by atoms with Crippen molar-refractivity contribution in [2.45, 2.75) is 31.8 Å². The number of hydrogen-bond donors (Lipinski definition) is 1. The normalized spacial score (nSPS) is 31.2. The molecular formula is C15H22N4. The second kappa shape index (κ2) is 4.23. The van der Waals surface area contributed by atoms with E-state index in [-0.39, 0.29) is 5.54 Å². The number of likely N-dealkylation sites (N-methyl/N-ethyl adjacent to an activating group) is 1. The van der Waals surface area contributed by atoms with Crippen LogP contribution in [0.3, 0.4) is 0 Å². The number of hydrogen-bond acceptors (Lipinski definition) is 4. The molecule has 4 nitrogen and oxygen atoms in total. The molecule has 2 unspecified atom stereocenters. The summed E-state index contributed by atoms with van der Waals surface area (Å²) < 4.78 is 0. The molecule has 2 atom stereocenters. The molecule has 0 amide bonds. The highest BCUT2D eigenvalue weighted by atomic mass is 15.4. The van der Waals surface area contributed by atoms with Gasteiger partial charge in [0.2, 0.25) is 0 Å². The van der Waals surface area contributed by atoms with Crippen molar-refractivity contribution in [3.8, 4) is 0 Å². The fraction of sp³-hybridized carbons (Fsp3) is 0.533. The largest absolute Gasteiger partial charge is 0.369 e. The molecule has 1 aromatic rings. The van der Waals surface area contributed by atoms with Gasteiger partial charge in [0.15, 0.2) is 5.96 Å². The number of nitrogens with two attached hydrogens (primary N) is 1. The summed E-state index contributed by atoms with van der Waals surface area (Å²) >= 11 is 0. The maximum absolute atomic E-state index is 6.15. The molecule has 0 radical (unpaired) electrons. The van der Waals surface area contributed by atoms with E-state index < -0.39 is 0 Å². The molecule has 2 heterocycles. The second-order valence-electron chi connectivity index (χ2n) is 6.04. The van der Waals surface area contributed by atoms with Gasteiger partial charge in [-0.3, -0.25) is 4.99 Å². The zero-order valence-corrected chi connectivity index (χ0v) is 11.9.